The minimum absolute atomic E-state index is 0.0496. The van der Waals surface area contributed by atoms with E-state index in [0.29, 0.717) is 36.8 Å². The fourth-order valence-corrected chi connectivity index (χ4v) is 3.40. The Balaban J connectivity index is 1.64. The number of nitrogens with zero attached hydrogens (tertiary/aromatic N) is 1. The smallest absolute Gasteiger partial charge is 0.310 e. The minimum atomic E-state index is -0.467. The second-order valence-electron chi connectivity index (χ2n) is 7.47. The first-order chi connectivity index (χ1) is 15.0. The molecule has 1 aliphatic heterocycles. The van der Waals surface area contributed by atoms with Crippen LogP contribution in [-0.4, -0.2) is 49.4 Å². The lowest BCUT2D eigenvalue weighted by Gasteiger charge is -2.25. The molecule has 164 valence electrons. The number of carbonyl (C=O) groups excluding carboxylic acids is 3. The number of amides is 1. The van der Waals surface area contributed by atoms with E-state index in [1.165, 1.54) is 7.11 Å². The Labute approximate surface area is 181 Å². The number of hydrogen-bond acceptors (Lipinski definition) is 6. The highest BCUT2D eigenvalue weighted by Gasteiger charge is 2.23. The Kier molecular flexibility index (Phi) is 7.65. The van der Waals surface area contributed by atoms with Crippen LogP contribution in [0.25, 0.3) is 0 Å². The quantitative estimate of drug-likeness (QED) is 0.453. The zero-order valence-corrected chi connectivity index (χ0v) is 17.8. The molecule has 31 heavy (non-hydrogen) atoms. The molecule has 2 aromatic carbocycles. The number of benzene rings is 2. The van der Waals surface area contributed by atoms with Crippen LogP contribution in [0.3, 0.4) is 0 Å². The first-order valence-corrected chi connectivity index (χ1v) is 10.3. The summed E-state index contributed by atoms with van der Waals surface area (Å²) in [5.41, 5.74) is 1.43. The highest BCUT2D eigenvalue weighted by Crippen LogP contribution is 2.31. The van der Waals surface area contributed by atoms with Crippen LogP contribution in [-0.2, 0) is 20.9 Å². The van der Waals surface area contributed by atoms with Crippen molar-refractivity contribution in [3.63, 3.8) is 0 Å². The number of carbonyl (C=O) groups is 3. The van der Waals surface area contributed by atoms with Crippen LogP contribution >= 0.6 is 0 Å². The van der Waals surface area contributed by atoms with Gasteiger partial charge in [-0.05, 0) is 23.8 Å². The van der Waals surface area contributed by atoms with Gasteiger partial charge in [0.2, 0.25) is 5.91 Å². The van der Waals surface area contributed by atoms with Gasteiger partial charge in [0, 0.05) is 31.5 Å². The van der Waals surface area contributed by atoms with E-state index in [4.69, 9.17) is 14.2 Å². The molecule has 7 heteroatoms. The maximum Gasteiger partial charge on any atom is 0.310 e. The maximum atomic E-state index is 12.9. The Hall–Kier alpha value is -3.35. The van der Waals surface area contributed by atoms with E-state index < -0.39 is 5.92 Å². The number of hydrogen-bond donors (Lipinski definition) is 0. The van der Waals surface area contributed by atoms with Gasteiger partial charge < -0.3 is 19.1 Å². The lowest BCUT2D eigenvalue weighted by atomic mass is 10.0. The molecule has 1 unspecified atom stereocenters. The third-order valence-electron chi connectivity index (χ3n) is 5.10. The molecular weight excluding hydrogens is 398 g/mol. The molecule has 1 atom stereocenters. The average molecular weight is 425 g/mol. The van der Waals surface area contributed by atoms with Crippen LogP contribution in [0.1, 0.15) is 35.7 Å². The molecule has 0 bridgehead atoms. The van der Waals surface area contributed by atoms with Crippen molar-refractivity contribution in [2.45, 2.75) is 26.3 Å². The second-order valence-corrected chi connectivity index (χ2v) is 7.47. The number of ether oxygens (including phenoxy) is 3. The summed E-state index contributed by atoms with van der Waals surface area (Å²) in [5, 5.41) is 0. The molecule has 0 N–H and O–H groups in total. The molecule has 2 aromatic rings. The monoisotopic (exact) mass is 425 g/mol. The lowest BCUT2D eigenvalue weighted by Crippen LogP contribution is -2.37. The summed E-state index contributed by atoms with van der Waals surface area (Å²) in [6.07, 6.45) is 0.115. The SMILES string of the molecule is COC(=O)C(C)CN(Cc1ccccc1)C(=O)CCC(=O)c1ccc2c(c1)OCCO2. The fraction of sp³-hybridized carbons (Fsp3) is 0.375. The van der Waals surface area contributed by atoms with Gasteiger partial charge in [-0.2, -0.15) is 0 Å². The molecule has 1 heterocycles. The second kappa shape index (κ2) is 10.6. The number of rotatable bonds is 9. The zero-order chi connectivity index (χ0) is 22.2. The van der Waals surface area contributed by atoms with Crippen LogP contribution in [0.2, 0.25) is 0 Å². The van der Waals surface area contributed by atoms with E-state index in [2.05, 4.69) is 0 Å². The summed E-state index contributed by atoms with van der Waals surface area (Å²) in [5.74, 6) is -0.0216. The zero-order valence-electron chi connectivity index (χ0n) is 17.8. The number of esters is 1. The van der Waals surface area contributed by atoms with Gasteiger partial charge >= 0.3 is 5.97 Å². The number of methoxy groups -OCH3 is 1. The normalized spacial score (nSPS) is 13.2. The van der Waals surface area contributed by atoms with Gasteiger partial charge in [-0.1, -0.05) is 37.3 Å². The summed E-state index contributed by atoms with van der Waals surface area (Å²) in [6, 6.07) is 14.6. The molecule has 0 saturated carbocycles. The Morgan fingerprint density at radius 3 is 2.42 bits per heavy atom. The Morgan fingerprint density at radius 1 is 1.00 bits per heavy atom. The first-order valence-electron chi connectivity index (χ1n) is 10.3. The predicted molar refractivity (Wildman–Crippen MR) is 114 cm³/mol. The molecule has 0 aliphatic carbocycles. The van der Waals surface area contributed by atoms with Crippen LogP contribution in [0.5, 0.6) is 11.5 Å². The summed E-state index contributed by atoms with van der Waals surface area (Å²) < 4.78 is 15.8. The van der Waals surface area contributed by atoms with Gasteiger partial charge in [-0.3, -0.25) is 14.4 Å². The van der Waals surface area contributed by atoms with Crippen molar-refractivity contribution >= 4 is 17.7 Å². The van der Waals surface area contributed by atoms with E-state index >= 15 is 0 Å². The van der Waals surface area contributed by atoms with E-state index in [1.807, 2.05) is 30.3 Å². The van der Waals surface area contributed by atoms with Gasteiger partial charge in [-0.25, -0.2) is 0 Å². The van der Waals surface area contributed by atoms with Crippen molar-refractivity contribution in [1.82, 2.24) is 4.90 Å². The standard InChI is InChI=1S/C24H27NO6/c1-17(24(28)29-2)15-25(16-18-6-4-3-5-7-18)23(27)11-9-20(26)19-8-10-21-22(14-19)31-13-12-30-21/h3-8,10,14,17H,9,11-13,15-16H2,1-2H3. The molecule has 7 nitrogen and oxygen atoms in total. The van der Waals surface area contributed by atoms with E-state index in [1.54, 1.807) is 30.0 Å². The van der Waals surface area contributed by atoms with Crippen molar-refractivity contribution in [3.05, 3.63) is 59.7 Å². The largest absolute Gasteiger partial charge is 0.486 e. The van der Waals surface area contributed by atoms with Crippen molar-refractivity contribution < 1.29 is 28.6 Å². The molecule has 0 fully saturated rings. The topological polar surface area (TPSA) is 82.1 Å². The van der Waals surface area contributed by atoms with Crippen molar-refractivity contribution in [1.29, 1.82) is 0 Å². The van der Waals surface area contributed by atoms with Crippen molar-refractivity contribution in [2.24, 2.45) is 5.92 Å². The highest BCUT2D eigenvalue weighted by molar-refractivity contribution is 5.98. The minimum Gasteiger partial charge on any atom is -0.486 e. The Bertz CT molecular complexity index is 927. The van der Waals surface area contributed by atoms with E-state index in [0.717, 1.165) is 5.56 Å². The Morgan fingerprint density at radius 2 is 1.71 bits per heavy atom. The van der Waals surface area contributed by atoms with E-state index in [-0.39, 0.29) is 37.0 Å². The van der Waals surface area contributed by atoms with Crippen LogP contribution < -0.4 is 9.47 Å². The predicted octanol–water partition coefficient (Wildman–Crippen LogP) is 3.26. The summed E-state index contributed by atoms with van der Waals surface area (Å²) in [4.78, 5) is 39.1. The van der Waals surface area contributed by atoms with Crippen LogP contribution in [0, 0.1) is 5.92 Å². The molecule has 0 saturated heterocycles. The summed E-state index contributed by atoms with van der Waals surface area (Å²) in [7, 11) is 1.33. The van der Waals surface area contributed by atoms with E-state index in [9.17, 15) is 14.4 Å². The molecule has 1 amide bonds. The molecule has 0 spiro atoms. The average Bonchev–Trinajstić information content (AvgIpc) is 2.81. The first kappa shape index (κ1) is 22.3. The number of Topliss-reactive ketones (excluding diaryl/α,β-unsaturated/α-hetero) is 1. The van der Waals surface area contributed by atoms with Gasteiger partial charge in [0.15, 0.2) is 17.3 Å². The lowest BCUT2D eigenvalue weighted by molar-refractivity contribution is -0.146. The van der Waals surface area contributed by atoms with Gasteiger partial charge in [0.1, 0.15) is 13.2 Å². The van der Waals surface area contributed by atoms with Gasteiger partial charge in [-0.15, -0.1) is 0 Å². The fourth-order valence-electron chi connectivity index (χ4n) is 3.40. The van der Waals surface area contributed by atoms with Crippen LogP contribution in [0.15, 0.2) is 48.5 Å². The molecule has 0 radical (unpaired) electrons. The maximum absolute atomic E-state index is 12.9. The van der Waals surface area contributed by atoms with Gasteiger partial charge in [0.25, 0.3) is 0 Å². The number of ketones is 1. The van der Waals surface area contributed by atoms with Gasteiger partial charge in [0.05, 0.1) is 13.0 Å². The highest BCUT2D eigenvalue weighted by atomic mass is 16.6. The van der Waals surface area contributed by atoms with Crippen molar-refractivity contribution in [2.75, 3.05) is 26.9 Å². The third-order valence-corrected chi connectivity index (χ3v) is 5.10. The number of fused-ring (bicyclic) bond motifs is 1. The summed E-state index contributed by atoms with van der Waals surface area (Å²) in [6.45, 7) is 3.22. The third kappa shape index (κ3) is 6.07. The van der Waals surface area contributed by atoms with Crippen LogP contribution in [0.4, 0.5) is 0 Å². The van der Waals surface area contributed by atoms with Crippen molar-refractivity contribution in [3.8, 4) is 11.5 Å². The molecule has 3 rings (SSSR count). The molecule has 1 aliphatic rings. The molecular formula is C24H27NO6. The molecule has 0 aromatic heterocycles. The summed E-state index contributed by atoms with van der Waals surface area (Å²) >= 11 is 0.